The van der Waals surface area contributed by atoms with Crippen molar-refractivity contribution in [3.63, 3.8) is 0 Å². The molecule has 0 saturated heterocycles. The number of rotatable bonds is 4. The lowest BCUT2D eigenvalue weighted by molar-refractivity contribution is -0.115. The molecule has 1 aromatic rings. The highest BCUT2D eigenvalue weighted by atomic mass is 16.5. The lowest BCUT2D eigenvalue weighted by atomic mass is 10.3. The van der Waals surface area contributed by atoms with Gasteiger partial charge in [0.15, 0.2) is 5.82 Å². The molecule has 0 bridgehead atoms. The van der Waals surface area contributed by atoms with E-state index in [-0.39, 0.29) is 12.5 Å². The molecule has 0 aliphatic carbocycles. The molecule has 0 aliphatic heterocycles. The first-order valence-electron chi connectivity index (χ1n) is 5.09. The average molecular weight is 238 g/mol. The molecular formula is C10H14N4O3. The molecule has 92 valence electrons. The van der Waals surface area contributed by atoms with E-state index in [1.165, 1.54) is 13.3 Å². The van der Waals surface area contributed by atoms with E-state index in [9.17, 15) is 9.59 Å². The summed E-state index contributed by atoms with van der Waals surface area (Å²) in [7, 11) is 1.23. The van der Waals surface area contributed by atoms with Crippen LogP contribution in [0.5, 0.6) is 0 Å². The van der Waals surface area contributed by atoms with Gasteiger partial charge in [0.25, 0.3) is 0 Å². The third-order valence-corrected chi connectivity index (χ3v) is 1.95. The minimum Gasteiger partial charge on any atom is -0.453 e. The van der Waals surface area contributed by atoms with Crippen molar-refractivity contribution in [3.8, 4) is 0 Å². The van der Waals surface area contributed by atoms with Crippen molar-refractivity contribution in [3.05, 3.63) is 18.1 Å². The van der Waals surface area contributed by atoms with E-state index in [4.69, 9.17) is 0 Å². The van der Waals surface area contributed by atoms with Crippen LogP contribution in [0.2, 0.25) is 0 Å². The van der Waals surface area contributed by atoms with Gasteiger partial charge in [-0.3, -0.25) is 9.78 Å². The molecule has 7 heteroatoms. The fourth-order valence-electron chi connectivity index (χ4n) is 1.13. The number of nitrogens with zero attached hydrogens (tertiary/aromatic N) is 2. The molecule has 0 unspecified atom stereocenters. The van der Waals surface area contributed by atoms with E-state index < -0.39 is 6.09 Å². The third-order valence-electron chi connectivity index (χ3n) is 1.95. The predicted octanol–water partition coefficient (Wildman–Crippen LogP) is 0.333. The van der Waals surface area contributed by atoms with Crippen LogP contribution in [0.4, 0.5) is 10.6 Å². The smallest absolute Gasteiger partial charge is 0.407 e. The summed E-state index contributed by atoms with van der Waals surface area (Å²) in [4.78, 5) is 30.3. The number of hydrogen-bond acceptors (Lipinski definition) is 5. The van der Waals surface area contributed by atoms with E-state index in [1.807, 2.05) is 6.92 Å². The van der Waals surface area contributed by atoms with Gasteiger partial charge in [-0.1, -0.05) is 6.92 Å². The number of aromatic nitrogens is 2. The van der Waals surface area contributed by atoms with Gasteiger partial charge in [0.2, 0.25) is 5.91 Å². The number of nitrogens with one attached hydrogen (secondary N) is 2. The van der Waals surface area contributed by atoms with Crippen molar-refractivity contribution in [2.24, 2.45) is 0 Å². The zero-order valence-electron chi connectivity index (χ0n) is 9.69. The molecule has 2 amide bonds. The fourth-order valence-corrected chi connectivity index (χ4v) is 1.13. The van der Waals surface area contributed by atoms with Crippen molar-refractivity contribution >= 4 is 17.8 Å². The van der Waals surface area contributed by atoms with Gasteiger partial charge in [-0.25, -0.2) is 9.78 Å². The lowest BCUT2D eigenvalue weighted by Crippen LogP contribution is -2.33. The van der Waals surface area contributed by atoms with Crippen LogP contribution in [0, 0.1) is 0 Å². The van der Waals surface area contributed by atoms with Crippen molar-refractivity contribution in [1.29, 1.82) is 0 Å². The molecule has 0 atom stereocenters. The van der Waals surface area contributed by atoms with Gasteiger partial charge >= 0.3 is 6.09 Å². The van der Waals surface area contributed by atoms with Crippen LogP contribution in [0.25, 0.3) is 0 Å². The SMILES string of the molecule is CCc1nccnc1NC(=O)CNC(=O)OC. The first-order chi connectivity index (χ1) is 8.17. The number of amides is 2. The van der Waals surface area contributed by atoms with Crippen molar-refractivity contribution in [1.82, 2.24) is 15.3 Å². The molecule has 7 nitrogen and oxygen atoms in total. The number of hydrogen-bond donors (Lipinski definition) is 2. The molecule has 0 aliphatic rings. The second-order valence-corrected chi connectivity index (χ2v) is 3.10. The summed E-state index contributed by atoms with van der Waals surface area (Å²) < 4.78 is 4.34. The predicted molar refractivity (Wildman–Crippen MR) is 60.4 cm³/mol. The number of methoxy groups -OCH3 is 1. The Hall–Kier alpha value is -2.18. The third kappa shape index (κ3) is 4.06. The van der Waals surface area contributed by atoms with Gasteiger partial charge in [-0.2, -0.15) is 0 Å². The Morgan fingerprint density at radius 3 is 2.71 bits per heavy atom. The highest BCUT2D eigenvalue weighted by Gasteiger charge is 2.09. The van der Waals surface area contributed by atoms with E-state index in [2.05, 4.69) is 25.3 Å². The average Bonchev–Trinajstić information content (AvgIpc) is 2.36. The Kier molecular flexibility index (Phi) is 4.86. The Morgan fingerprint density at radius 2 is 2.06 bits per heavy atom. The molecule has 2 N–H and O–H groups in total. The molecular weight excluding hydrogens is 224 g/mol. The Morgan fingerprint density at radius 1 is 1.35 bits per heavy atom. The van der Waals surface area contributed by atoms with Gasteiger partial charge in [0.05, 0.1) is 12.8 Å². The minimum atomic E-state index is -0.657. The number of carbonyl (C=O) groups is 2. The molecule has 0 spiro atoms. The number of ether oxygens (including phenoxy) is 1. The van der Waals surface area contributed by atoms with Crippen LogP contribution in [0.1, 0.15) is 12.6 Å². The maximum absolute atomic E-state index is 11.5. The zero-order valence-corrected chi connectivity index (χ0v) is 9.69. The molecule has 1 heterocycles. The standard InChI is InChI=1S/C10H14N4O3/c1-3-7-9(12-5-4-11-7)14-8(15)6-13-10(16)17-2/h4-5H,3,6H2,1-2H3,(H,13,16)(H,12,14,15). The van der Waals surface area contributed by atoms with Gasteiger partial charge < -0.3 is 15.4 Å². The highest BCUT2D eigenvalue weighted by Crippen LogP contribution is 2.07. The second-order valence-electron chi connectivity index (χ2n) is 3.10. The summed E-state index contributed by atoms with van der Waals surface area (Å²) in [5.74, 6) is 0.0252. The van der Waals surface area contributed by atoms with E-state index in [1.54, 1.807) is 6.20 Å². The molecule has 0 saturated carbocycles. The summed E-state index contributed by atoms with van der Waals surface area (Å²) in [6.07, 6.45) is 3.05. The van der Waals surface area contributed by atoms with Crippen LogP contribution in [-0.4, -0.2) is 35.6 Å². The van der Waals surface area contributed by atoms with Gasteiger partial charge in [0, 0.05) is 12.4 Å². The lowest BCUT2D eigenvalue weighted by Gasteiger charge is -2.07. The van der Waals surface area contributed by atoms with Crippen LogP contribution in [0.15, 0.2) is 12.4 Å². The molecule has 17 heavy (non-hydrogen) atoms. The second kappa shape index (κ2) is 6.41. The summed E-state index contributed by atoms with van der Waals surface area (Å²) in [6, 6.07) is 0. The summed E-state index contributed by atoms with van der Waals surface area (Å²) in [5.41, 5.74) is 0.693. The Bertz CT molecular complexity index is 408. The summed E-state index contributed by atoms with van der Waals surface area (Å²) in [6.45, 7) is 1.73. The van der Waals surface area contributed by atoms with Gasteiger partial charge in [-0.05, 0) is 6.42 Å². The Labute approximate surface area is 98.6 Å². The van der Waals surface area contributed by atoms with Crippen LogP contribution in [-0.2, 0) is 16.0 Å². The van der Waals surface area contributed by atoms with E-state index in [0.717, 1.165) is 0 Å². The number of alkyl carbamates (subject to hydrolysis) is 1. The molecule has 0 fully saturated rings. The van der Waals surface area contributed by atoms with Crippen molar-refractivity contribution in [2.45, 2.75) is 13.3 Å². The molecule has 1 rings (SSSR count). The van der Waals surface area contributed by atoms with Gasteiger partial charge in [-0.15, -0.1) is 0 Å². The van der Waals surface area contributed by atoms with Crippen molar-refractivity contribution in [2.75, 3.05) is 19.0 Å². The summed E-state index contributed by atoms with van der Waals surface area (Å²) >= 11 is 0. The molecule has 0 radical (unpaired) electrons. The normalized spacial score (nSPS) is 9.53. The van der Waals surface area contributed by atoms with Crippen LogP contribution < -0.4 is 10.6 Å². The zero-order chi connectivity index (χ0) is 12.7. The summed E-state index contributed by atoms with van der Waals surface area (Å²) in [5, 5.41) is 4.83. The van der Waals surface area contributed by atoms with Crippen LogP contribution in [0.3, 0.4) is 0 Å². The first-order valence-corrected chi connectivity index (χ1v) is 5.09. The van der Waals surface area contributed by atoms with Crippen LogP contribution >= 0.6 is 0 Å². The number of aryl methyl sites for hydroxylation is 1. The van der Waals surface area contributed by atoms with E-state index >= 15 is 0 Å². The quantitative estimate of drug-likeness (QED) is 0.788. The maximum Gasteiger partial charge on any atom is 0.407 e. The number of carbonyl (C=O) groups excluding carboxylic acids is 2. The topological polar surface area (TPSA) is 93.2 Å². The monoisotopic (exact) mass is 238 g/mol. The molecule has 0 aromatic carbocycles. The fraction of sp³-hybridized carbons (Fsp3) is 0.400. The highest BCUT2D eigenvalue weighted by molar-refractivity contribution is 5.93. The van der Waals surface area contributed by atoms with E-state index in [0.29, 0.717) is 17.9 Å². The Balaban J connectivity index is 2.53. The largest absolute Gasteiger partial charge is 0.453 e. The molecule has 1 aromatic heterocycles. The van der Waals surface area contributed by atoms with Crippen molar-refractivity contribution < 1.29 is 14.3 Å². The minimum absolute atomic E-state index is 0.174. The first kappa shape index (κ1) is 12.9. The van der Waals surface area contributed by atoms with Gasteiger partial charge in [0.1, 0.15) is 6.54 Å². The maximum atomic E-state index is 11.5. The number of anilines is 1.